The van der Waals surface area contributed by atoms with E-state index in [0.717, 1.165) is 31.7 Å². The third-order valence-corrected chi connectivity index (χ3v) is 3.86. The van der Waals surface area contributed by atoms with Gasteiger partial charge in [0.2, 0.25) is 5.88 Å². The van der Waals surface area contributed by atoms with Crippen LogP contribution in [0.4, 0.5) is 13.2 Å². The highest BCUT2D eigenvalue weighted by Gasteiger charge is 2.31. The number of rotatable bonds is 6. The molecule has 9 heteroatoms. The number of alkyl halides is 3. The van der Waals surface area contributed by atoms with Crippen molar-refractivity contribution in [3.8, 4) is 5.88 Å². The van der Waals surface area contributed by atoms with E-state index in [9.17, 15) is 13.2 Å². The summed E-state index contributed by atoms with van der Waals surface area (Å²) in [7, 11) is 1.66. The van der Waals surface area contributed by atoms with E-state index in [1.165, 1.54) is 6.07 Å². The third-order valence-electron chi connectivity index (χ3n) is 3.86. The van der Waals surface area contributed by atoms with Crippen molar-refractivity contribution < 1.29 is 22.6 Å². The molecule has 1 aromatic heterocycles. The normalized spacial score (nSPS) is 21.2. The number of pyridine rings is 1. The fourth-order valence-electron chi connectivity index (χ4n) is 2.43. The van der Waals surface area contributed by atoms with Gasteiger partial charge in [0.15, 0.2) is 5.96 Å². The topological polar surface area (TPSA) is 67.8 Å². The molecule has 1 aromatic rings. The zero-order valence-corrected chi connectivity index (χ0v) is 14.3. The number of aliphatic imine (C=N–C) groups is 1. The van der Waals surface area contributed by atoms with Crippen LogP contribution in [0.25, 0.3) is 0 Å². The summed E-state index contributed by atoms with van der Waals surface area (Å²) in [5.74, 6) is 0.755. The van der Waals surface area contributed by atoms with Gasteiger partial charge in [0.25, 0.3) is 0 Å². The van der Waals surface area contributed by atoms with Gasteiger partial charge in [-0.05, 0) is 25.8 Å². The van der Waals surface area contributed by atoms with E-state index in [2.05, 4.69) is 27.5 Å². The first kappa shape index (κ1) is 19.3. The largest absolute Gasteiger partial charge is 0.476 e. The molecule has 25 heavy (non-hydrogen) atoms. The fourth-order valence-corrected chi connectivity index (χ4v) is 2.43. The fraction of sp³-hybridized carbons (Fsp3) is 0.625. The lowest BCUT2D eigenvalue weighted by Crippen LogP contribution is -2.46. The smallest absolute Gasteiger partial charge is 0.417 e. The van der Waals surface area contributed by atoms with Crippen LogP contribution in [0.1, 0.15) is 25.3 Å². The van der Waals surface area contributed by atoms with Crippen LogP contribution in [0, 0.1) is 0 Å². The van der Waals surface area contributed by atoms with E-state index in [-0.39, 0.29) is 18.1 Å². The minimum atomic E-state index is -4.40. The molecule has 2 rings (SSSR count). The molecule has 1 atom stereocenters. The Morgan fingerprint density at radius 1 is 1.40 bits per heavy atom. The van der Waals surface area contributed by atoms with Crippen LogP contribution in [0.5, 0.6) is 5.88 Å². The lowest BCUT2D eigenvalue weighted by Gasteiger charge is -2.24. The van der Waals surface area contributed by atoms with E-state index in [1.807, 2.05) is 0 Å². The maximum atomic E-state index is 12.4. The van der Waals surface area contributed by atoms with Gasteiger partial charge in [0, 0.05) is 32.5 Å². The Balaban J connectivity index is 1.69. The molecule has 1 aliphatic rings. The second-order valence-corrected chi connectivity index (χ2v) is 5.99. The van der Waals surface area contributed by atoms with Gasteiger partial charge in [-0.15, -0.1) is 0 Å². The molecule has 6 nitrogen and oxygen atoms in total. The van der Waals surface area contributed by atoms with Crippen molar-refractivity contribution in [2.24, 2.45) is 4.99 Å². The van der Waals surface area contributed by atoms with Crippen LogP contribution in [0.15, 0.2) is 23.3 Å². The molecule has 0 bridgehead atoms. The lowest BCUT2D eigenvalue weighted by molar-refractivity contribution is -0.137. The summed E-state index contributed by atoms with van der Waals surface area (Å²) in [6.07, 6.45) is -1.59. The van der Waals surface area contributed by atoms with Crippen molar-refractivity contribution in [1.82, 2.24) is 15.6 Å². The van der Waals surface area contributed by atoms with Gasteiger partial charge in [-0.25, -0.2) is 4.98 Å². The summed E-state index contributed by atoms with van der Waals surface area (Å²) in [6, 6.07) is 2.15. The van der Waals surface area contributed by atoms with Crippen LogP contribution in [0.3, 0.4) is 0 Å². The highest BCUT2D eigenvalue weighted by Crippen LogP contribution is 2.29. The number of hydrogen-bond donors (Lipinski definition) is 2. The van der Waals surface area contributed by atoms with Crippen molar-refractivity contribution in [3.05, 3.63) is 23.9 Å². The molecular formula is C16H23F3N4O2. The standard InChI is InChI=1S/C16H23F3N4O2/c1-15(6-3-8-25-15)11-23-14(20-2)21-7-9-24-13-5-4-12(10-22-13)16(17,18)19/h4-5,10H,3,6-9,11H2,1-2H3,(H2,20,21,23). The van der Waals surface area contributed by atoms with Crippen molar-refractivity contribution >= 4 is 5.96 Å². The highest BCUT2D eigenvalue weighted by atomic mass is 19.4. The first-order chi connectivity index (χ1) is 11.8. The number of nitrogens with zero attached hydrogens (tertiary/aromatic N) is 2. The summed E-state index contributed by atoms with van der Waals surface area (Å²) in [6.45, 7) is 4.15. The van der Waals surface area contributed by atoms with Crippen LogP contribution in [-0.4, -0.2) is 49.9 Å². The van der Waals surface area contributed by atoms with Gasteiger partial charge in [-0.3, -0.25) is 4.99 Å². The second-order valence-electron chi connectivity index (χ2n) is 5.99. The highest BCUT2D eigenvalue weighted by molar-refractivity contribution is 5.79. The quantitative estimate of drug-likeness (QED) is 0.463. The zero-order valence-electron chi connectivity index (χ0n) is 14.3. The Hall–Kier alpha value is -2.03. The molecule has 1 saturated heterocycles. The van der Waals surface area contributed by atoms with E-state index in [1.54, 1.807) is 7.05 Å². The predicted molar refractivity (Wildman–Crippen MR) is 87.7 cm³/mol. The second kappa shape index (κ2) is 8.37. The SMILES string of the molecule is CN=C(NCCOc1ccc(C(F)(F)F)cn1)NCC1(C)CCCO1. The van der Waals surface area contributed by atoms with E-state index < -0.39 is 11.7 Å². The molecule has 1 aliphatic heterocycles. The van der Waals surface area contributed by atoms with Crippen LogP contribution in [0.2, 0.25) is 0 Å². The summed E-state index contributed by atoms with van der Waals surface area (Å²) in [5.41, 5.74) is -0.983. The maximum absolute atomic E-state index is 12.4. The van der Waals surface area contributed by atoms with E-state index in [4.69, 9.17) is 9.47 Å². The van der Waals surface area contributed by atoms with Crippen molar-refractivity contribution in [1.29, 1.82) is 0 Å². The van der Waals surface area contributed by atoms with Crippen LogP contribution in [-0.2, 0) is 10.9 Å². The van der Waals surface area contributed by atoms with Crippen molar-refractivity contribution in [2.75, 3.05) is 33.4 Å². The average Bonchev–Trinajstić information content (AvgIpc) is 3.01. The molecule has 0 aromatic carbocycles. The minimum absolute atomic E-state index is 0.143. The minimum Gasteiger partial charge on any atom is -0.476 e. The Bertz CT molecular complexity index is 570. The predicted octanol–water partition coefficient (Wildman–Crippen LogP) is 2.21. The summed E-state index contributed by atoms with van der Waals surface area (Å²) in [5, 5.41) is 6.26. The number of hydrogen-bond acceptors (Lipinski definition) is 4. The van der Waals surface area contributed by atoms with Gasteiger partial charge in [-0.2, -0.15) is 13.2 Å². The van der Waals surface area contributed by atoms with E-state index >= 15 is 0 Å². The molecule has 140 valence electrons. The number of aromatic nitrogens is 1. The summed E-state index contributed by atoms with van der Waals surface area (Å²) >= 11 is 0. The van der Waals surface area contributed by atoms with Crippen molar-refractivity contribution in [3.63, 3.8) is 0 Å². The zero-order chi connectivity index (χ0) is 18.3. The Morgan fingerprint density at radius 2 is 2.20 bits per heavy atom. The molecule has 0 amide bonds. The molecule has 1 unspecified atom stereocenters. The first-order valence-electron chi connectivity index (χ1n) is 8.07. The molecule has 0 spiro atoms. The summed E-state index contributed by atoms with van der Waals surface area (Å²) in [4.78, 5) is 7.75. The number of ether oxygens (including phenoxy) is 2. The van der Waals surface area contributed by atoms with E-state index in [0.29, 0.717) is 19.0 Å². The number of nitrogens with one attached hydrogen (secondary N) is 2. The number of halogens is 3. The first-order valence-corrected chi connectivity index (χ1v) is 8.07. The molecular weight excluding hydrogens is 337 g/mol. The van der Waals surface area contributed by atoms with Gasteiger partial charge in [-0.1, -0.05) is 0 Å². The molecule has 2 N–H and O–H groups in total. The monoisotopic (exact) mass is 360 g/mol. The van der Waals surface area contributed by atoms with Gasteiger partial charge in [0.1, 0.15) is 6.61 Å². The summed E-state index contributed by atoms with van der Waals surface area (Å²) < 4.78 is 48.3. The Morgan fingerprint density at radius 3 is 2.76 bits per heavy atom. The molecule has 0 radical (unpaired) electrons. The van der Waals surface area contributed by atoms with Gasteiger partial charge in [0.05, 0.1) is 17.7 Å². The molecule has 2 heterocycles. The van der Waals surface area contributed by atoms with Gasteiger partial charge < -0.3 is 20.1 Å². The lowest BCUT2D eigenvalue weighted by atomic mass is 10.0. The third kappa shape index (κ3) is 6.08. The molecule has 1 fully saturated rings. The maximum Gasteiger partial charge on any atom is 0.417 e. The average molecular weight is 360 g/mol. The number of guanidine groups is 1. The Labute approximate surface area is 144 Å². The van der Waals surface area contributed by atoms with Crippen LogP contribution >= 0.6 is 0 Å². The molecule has 0 aliphatic carbocycles. The van der Waals surface area contributed by atoms with Crippen LogP contribution < -0.4 is 15.4 Å². The molecule has 0 saturated carbocycles. The van der Waals surface area contributed by atoms with Crippen molar-refractivity contribution in [2.45, 2.75) is 31.5 Å². The van der Waals surface area contributed by atoms with Gasteiger partial charge >= 0.3 is 6.18 Å². The Kier molecular flexibility index (Phi) is 6.46.